The summed E-state index contributed by atoms with van der Waals surface area (Å²) in [4.78, 5) is 38.0. The van der Waals surface area contributed by atoms with E-state index in [1.807, 2.05) is 20.8 Å². The van der Waals surface area contributed by atoms with Gasteiger partial charge in [0.2, 0.25) is 5.95 Å². The molecule has 2 fully saturated rings. The molecule has 2 aliphatic rings. The average Bonchev–Trinajstić information content (AvgIpc) is 3.35. The molecule has 2 aromatic rings. The lowest BCUT2D eigenvalue weighted by atomic mass is 9.75. The molecule has 3 heterocycles. The number of anilines is 1. The van der Waals surface area contributed by atoms with Crippen LogP contribution in [0.4, 0.5) is 37.1 Å². The van der Waals surface area contributed by atoms with Gasteiger partial charge < -0.3 is 19.5 Å². The molecule has 8 nitrogen and oxygen atoms in total. The number of alkyl halides is 6. The van der Waals surface area contributed by atoms with E-state index in [0.717, 1.165) is 24.9 Å². The fourth-order valence-corrected chi connectivity index (χ4v) is 5.50. The minimum absolute atomic E-state index is 0.126. The number of aromatic nitrogens is 3. The SMILES string of the molecule is CC(C)(C)C(OC(=O)N1CCN(c2ncc(C(F)(F)F)cn2)CC1)C1CCCC1c1c[nH]c(=O)c(C(F)(F)F)c1. The summed E-state index contributed by atoms with van der Waals surface area (Å²) in [5.74, 6) is -0.483. The first kappa shape index (κ1) is 29.7. The fourth-order valence-electron chi connectivity index (χ4n) is 5.50. The van der Waals surface area contributed by atoms with Gasteiger partial charge in [-0.3, -0.25) is 4.79 Å². The molecule has 1 aliphatic carbocycles. The Balaban J connectivity index is 1.45. The third-order valence-corrected chi connectivity index (χ3v) is 7.48. The van der Waals surface area contributed by atoms with Gasteiger partial charge >= 0.3 is 18.4 Å². The van der Waals surface area contributed by atoms with E-state index in [9.17, 15) is 35.9 Å². The van der Waals surface area contributed by atoms with E-state index in [-0.39, 0.29) is 44.0 Å². The predicted octanol–water partition coefficient (Wildman–Crippen LogP) is 5.46. The standard InChI is InChI=1S/C26H31F6N5O3/c1-24(2,3)20(18-6-4-5-17(18)15-11-19(26(30,31)32)21(38)33-12-15)40-23(39)37-9-7-36(8-10-37)22-34-13-16(14-35-22)25(27,28)29/h11-14,17-18,20H,4-10H2,1-3H3,(H,33,38). The number of H-pyrrole nitrogens is 1. The van der Waals surface area contributed by atoms with Crippen LogP contribution in [0, 0.1) is 11.3 Å². The van der Waals surface area contributed by atoms with Crippen LogP contribution in [-0.2, 0) is 17.1 Å². The Bertz CT molecular complexity index is 1250. The van der Waals surface area contributed by atoms with Crippen LogP contribution < -0.4 is 10.5 Å². The number of carbonyl (C=O) groups excluding carboxylic acids is 1. The van der Waals surface area contributed by atoms with E-state index in [0.29, 0.717) is 18.4 Å². The highest BCUT2D eigenvalue weighted by molar-refractivity contribution is 5.68. The van der Waals surface area contributed by atoms with Crippen molar-refractivity contribution in [1.82, 2.24) is 19.9 Å². The summed E-state index contributed by atoms with van der Waals surface area (Å²) >= 11 is 0. The van der Waals surface area contributed by atoms with Crippen molar-refractivity contribution in [2.24, 2.45) is 11.3 Å². The van der Waals surface area contributed by atoms with Gasteiger partial charge in [-0.25, -0.2) is 14.8 Å². The summed E-state index contributed by atoms with van der Waals surface area (Å²) < 4.78 is 84.6. The second-order valence-corrected chi connectivity index (χ2v) is 11.3. The third-order valence-electron chi connectivity index (χ3n) is 7.48. The monoisotopic (exact) mass is 575 g/mol. The molecule has 40 heavy (non-hydrogen) atoms. The van der Waals surface area contributed by atoms with Gasteiger partial charge in [0, 0.05) is 50.7 Å². The van der Waals surface area contributed by atoms with Crippen molar-refractivity contribution in [2.75, 3.05) is 31.1 Å². The van der Waals surface area contributed by atoms with Crippen molar-refractivity contribution in [2.45, 2.75) is 64.4 Å². The fraction of sp³-hybridized carbons (Fsp3) is 0.615. The zero-order valence-corrected chi connectivity index (χ0v) is 22.3. The average molecular weight is 576 g/mol. The summed E-state index contributed by atoms with van der Waals surface area (Å²) in [7, 11) is 0. The molecule has 3 atom stereocenters. The normalized spacial score (nSPS) is 21.4. The van der Waals surface area contributed by atoms with Crippen molar-refractivity contribution < 1.29 is 35.9 Å². The van der Waals surface area contributed by atoms with E-state index < -0.39 is 46.7 Å². The molecule has 1 aliphatic heterocycles. The van der Waals surface area contributed by atoms with Gasteiger partial charge in [0.25, 0.3) is 5.56 Å². The van der Waals surface area contributed by atoms with E-state index in [1.165, 1.54) is 11.1 Å². The number of amides is 1. The van der Waals surface area contributed by atoms with E-state index in [2.05, 4.69) is 15.0 Å². The Morgan fingerprint density at radius 1 is 1.00 bits per heavy atom. The van der Waals surface area contributed by atoms with E-state index in [4.69, 9.17) is 4.74 Å². The predicted molar refractivity (Wildman–Crippen MR) is 133 cm³/mol. The lowest BCUT2D eigenvalue weighted by molar-refractivity contribution is -0.139. The number of pyridine rings is 1. The molecule has 3 unspecified atom stereocenters. The summed E-state index contributed by atoms with van der Waals surface area (Å²) in [6, 6.07) is 0.895. The number of nitrogens with one attached hydrogen (secondary N) is 1. The maximum atomic E-state index is 13.4. The van der Waals surface area contributed by atoms with Crippen LogP contribution in [-0.4, -0.2) is 58.2 Å². The van der Waals surface area contributed by atoms with E-state index >= 15 is 0 Å². The van der Waals surface area contributed by atoms with Crippen LogP contribution >= 0.6 is 0 Å². The second kappa shape index (κ2) is 10.9. The molecule has 0 aromatic carbocycles. The lowest BCUT2D eigenvalue weighted by Gasteiger charge is -2.40. The van der Waals surface area contributed by atoms with Gasteiger partial charge in [0.15, 0.2) is 0 Å². The molecule has 0 spiro atoms. The highest BCUT2D eigenvalue weighted by atomic mass is 19.4. The topological polar surface area (TPSA) is 91.4 Å². The summed E-state index contributed by atoms with van der Waals surface area (Å²) in [5.41, 5.74) is -3.59. The number of nitrogens with zero attached hydrogens (tertiary/aromatic N) is 4. The first-order chi connectivity index (χ1) is 18.6. The van der Waals surface area contributed by atoms with E-state index in [1.54, 1.807) is 4.90 Å². The van der Waals surface area contributed by atoms with Crippen molar-refractivity contribution in [1.29, 1.82) is 0 Å². The molecule has 1 N–H and O–H groups in total. The number of ether oxygens (including phenoxy) is 1. The highest BCUT2D eigenvalue weighted by Crippen LogP contribution is 2.47. The smallest absolute Gasteiger partial charge is 0.421 e. The van der Waals surface area contributed by atoms with Gasteiger partial charge in [0.05, 0.1) is 5.56 Å². The molecule has 4 rings (SSSR count). The van der Waals surface area contributed by atoms with Crippen molar-refractivity contribution in [3.8, 4) is 0 Å². The molecule has 0 radical (unpaired) electrons. The van der Waals surface area contributed by atoms with Crippen LogP contribution in [0.1, 0.15) is 62.6 Å². The van der Waals surface area contributed by atoms with Crippen LogP contribution in [0.2, 0.25) is 0 Å². The Kier molecular flexibility index (Phi) is 8.10. The minimum atomic E-state index is -4.79. The Morgan fingerprint density at radius 2 is 1.62 bits per heavy atom. The lowest BCUT2D eigenvalue weighted by Crippen LogP contribution is -2.51. The van der Waals surface area contributed by atoms with Crippen molar-refractivity contribution in [3.05, 3.63) is 51.7 Å². The van der Waals surface area contributed by atoms with Crippen LogP contribution in [0.3, 0.4) is 0 Å². The number of halogens is 6. The molecule has 1 saturated heterocycles. The molecule has 2 aromatic heterocycles. The first-order valence-corrected chi connectivity index (χ1v) is 13.0. The van der Waals surface area contributed by atoms with Gasteiger partial charge in [-0.1, -0.05) is 27.2 Å². The zero-order valence-electron chi connectivity index (χ0n) is 22.3. The summed E-state index contributed by atoms with van der Waals surface area (Å²) in [6.45, 7) is 6.71. The largest absolute Gasteiger partial charge is 0.445 e. The maximum absolute atomic E-state index is 13.4. The van der Waals surface area contributed by atoms with Gasteiger partial charge in [-0.15, -0.1) is 0 Å². The number of hydrogen-bond acceptors (Lipinski definition) is 6. The molecular formula is C26H31F6N5O3. The highest BCUT2D eigenvalue weighted by Gasteiger charge is 2.44. The molecule has 1 amide bonds. The Morgan fingerprint density at radius 3 is 2.17 bits per heavy atom. The molecule has 1 saturated carbocycles. The number of hydrogen-bond donors (Lipinski definition) is 1. The molecule has 220 valence electrons. The Labute approximate surface area is 226 Å². The molecular weight excluding hydrogens is 544 g/mol. The second-order valence-electron chi connectivity index (χ2n) is 11.3. The molecule has 0 bridgehead atoms. The van der Waals surface area contributed by atoms with Crippen molar-refractivity contribution >= 4 is 12.0 Å². The maximum Gasteiger partial charge on any atom is 0.421 e. The van der Waals surface area contributed by atoms with Gasteiger partial charge in [-0.2, -0.15) is 26.3 Å². The number of rotatable bonds is 4. The Hall–Kier alpha value is -3.32. The molecule has 14 heteroatoms. The van der Waals surface area contributed by atoms with Crippen LogP contribution in [0.15, 0.2) is 29.5 Å². The van der Waals surface area contributed by atoms with Gasteiger partial charge in [-0.05, 0) is 35.8 Å². The van der Waals surface area contributed by atoms with Crippen LogP contribution in [0.25, 0.3) is 0 Å². The first-order valence-electron chi connectivity index (χ1n) is 13.0. The minimum Gasteiger partial charge on any atom is -0.445 e. The van der Waals surface area contributed by atoms with Crippen LogP contribution in [0.5, 0.6) is 0 Å². The zero-order chi connectivity index (χ0) is 29.5. The third kappa shape index (κ3) is 6.52. The summed E-state index contributed by atoms with van der Waals surface area (Å²) in [5, 5.41) is 0. The number of carbonyl (C=O) groups is 1. The quantitative estimate of drug-likeness (QED) is 0.487. The number of aromatic amines is 1. The number of piperazine rings is 1. The summed E-state index contributed by atoms with van der Waals surface area (Å²) in [6.07, 6.45) is -5.83. The van der Waals surface area contributed by atoms with Crippen molar-refractivity contribution in [3.63, 3.8) is 0 Å². The van der Waals surface area contributed by atoms with Gasteiger partial charge in [0.1, 0.15) is 11.7 Å².